The lowest BCUT2D eigenvalue weighted by atomic mass is 10.0. The largest absolute Gasteiger partial charge is 0.462 e. The summed E-state index contributed by atoms with van der Waals surface area (Å²) in [5.41, 5.74) is 4.37. The highest BCUT2D eigenvalue weighted by Crippen LogP contribution is 2.47. The maximum Gasteiger partial charge on any atom is 0.341 e. The van der Waals surface area contributed by atoms with Crippen LogP contribution in [-0.2, 0) is 11.3 Å². The molecule has 0 spiro atoms. The number of nitriles is 1. The van der Waals surface area contributed by atoms with E-state index in [0.717, 1.165) is 41.7 Å². The van der Waals surface area contributed by atoms with Gasteiger partial charge < -0.3 is 9.64 Å². The van der Waals surface area contributed by atoms with Gasteiger partial charge in [0, 0.05) is 19.3 Å². The van der Waals surface area contributed by atoms with Crippen molar-refractivity contribution in [3.05, 3.63) is 46.8 Å². The summed E-state index contributed by atoms with van der Waals surface area (Å²) in [6, 6.07) is 6.43. The van der Waals surface area contributed by atoms with Crippen LogP contribution in [0.4, 0.5) is 5.69 Å². The number of carbonyl (C=O) groups is 1. The number of hydrogen-bond donors (Lipinski definition) is 0. The Labute approximate surface area is 153 Å². The zero-order chi connectivity index (χ0) is 18.3. The number of ether oxygens (including phenoxy) is 1. The first kappa shape index (κ1) is 16.6. The van der Waals surface area contributed by atoms with Crippen molar-refractivity contribution in [1.82, 2.24) is 9.78 Å². The maximum atomic E-state index is 11.8. The molecule has 6 heteroatoms. The Balaban J connectivity index is 1.55. The molecule has 1 saturated heterocycles. The molecule has 2 heterocycles. The van der Waals surface area contributed by atoms with Crippen LogP contribution >= 0.6 is 0 Å². The number of nitrogens with zero attached hydrogens (tertiary/aromatic N) is 4. The van der Waals surface area contributed by atoms with Gasteiger partial charge in [0.25, 0.3) is 0 Å². The summed E-state index contributed by atoms with van der Waals surface area (Å²) in [6.45, 7) is 6.84. The second-order valence-electron chi connectivity index (χ2n) is 7.22. The SMILES string of the molecule is CCOC(=O)c1cnn(Cc2cc(C#N)c(N3CC4CC4C3)cc2C)c1. The van der Waals surface area contributed by atoms with Crippen LogP contribution in [0.3, 0.4) is 0 Å². The van der Waals surface area contributed by atoms with Crippen molar-refractivity contribution in [3.8, 4) is 6.07 Å². The smallest absolute Gasteiger partial charge is 0.341 e. The Morgan fingerprint density at radius 3 is 2.85 bits per heavy atom. The van der Waals surface area contributed by atoms with Gasteiger partial charge in [0.1, 0.15) is 6.07 Å². The van der Waals surface area contributed by atoms with Gasteiger partial charge in [0.15, 0.2) is 0 Å². The van der Waals surface area contributed by atoms with Crippen molar-refractivity contribution in [2.24, 2.45) is 11.8 Å². The van der Waals surface area contributed by atoms with E-state index in [1.165, 1.54) is 12.6 Å². The van der Waals surface area contributed by atoms with Crippen molar-refractivity contribution < 1.29 is 9.53 Å². The number of anilines is 1. The van der Waals surface area contributed by atoms with E-state index in [-0.39, 0.29) is 5.97 Å². The molecule has 2 aliphatic rings. The number of aryl methyl sites for hydroxylation is 1. The lowest BCUT2D eigenvalue weighted by Gasteiger charge is -2.23. The zero-order valence-corrected chi connectivity index (χ0v) is 15.1. The molecule has 4 rings (SSSR count). The normalized spacial score (nSPS) is 20.6. The van der Waals surface area contributed by atoms with E-state index in [1.54, 1.807) is 17.8 Å². The average Bonchev–Trinajstić information content (AvgIpc) is 3.04. The van der Waals surface area contributed by atoms with Gasteiger partial charge in [-0.2, -0.15) is 10.4 Å². The lowest BCUT2D eigenvalue weighted by molar-refractivity contribution is 0.0526. The first-order valence-electron chi connectivity index (χ1n) is 9.07. The van der Waals surface area contributed by atoms with Crippen LogP contribution in [0.5, 0.6) is 0 Å². The van der Waals surface area contributed by atoms with E-state index in [2.05, 4.69) is 29.1 Å². The van der Waals surface area contributed by atoms with Crippen molar-refractivity contribution >= 4 is 11.7 Å². The van der Waals surface area contributed by atoms with Crippen molar-refractivity contribution in [3.63, 3.8) is 0 Å². The van der Waals surface area contributed by atoms with Gasteiger partial charge in [0.2, 0.25) is 0 Å². The van der Waals surface area contributed by atoms with Crippen LogP contribution in [0.15, 0.2) is 24.5 Å². The summed E-state index contributed by atoms with van der Waals surface area (Å²) in [5, 5.41) is 13.9. The van der Waals surface area contributed by atoms with E-state index in [1.807, 2.05) is 6.07 Å². The fourth-order valence-corrected chi connectivity index (χ4v) is 3.80. The minimum atomic E-state index is -0.365. The molecule has 6 nitrogen and oxygen atoms in total. The minimum Gasteiger partial charge on any atom is -0.462 e. The number of rotatable bonds is 5. The molecule has 0 N–H and O–H groups in total. The van der Waals surface area contributed by atoms with Gasteiger partial charge in [-0.15, -0.1) is 0 Å². The number of benzene rings is 1. The number of esters is 1. The standard InChI is InChI=1S/C20H22N4O2/c1-3-26-20(25)18-8-22-24(12-18)11-15-5-14(7-21)19(4-13(15)2)23-9-16-6-17(16)10-23/h4-5,8,12,16-17H,3,6,9-11H2,1-2H3. The third-order valence-electron chi connectivity index (χ3n) is 5.37. The van der Waals surface area contributed by atoms with E-state index < -0.39 is 0 Å². The molecule has 2 atom stereocenters. The average molecular weight is 350 g/mol. The Morgan fingerprint density at radius 1 is 1.38 bits per heavy atom. The highest BCUT2D eigenvalue weighted by Gasteiger charge is 2.45. The number of aromatic nitrogens is 2. The van der Waals surface area contributed by atoms with Gasteiger partial charge in [-0.3, -0.25) is 4.68 Å². The Morgan fingerprint density at radius 2 is 2.15 bits per heavy atom. The highest BCUT2D eigenvalue weighted by atomic mass is 16.5. The molecule has 1 aliphatic carbocycles. The summed E-state index contributed by atoms with van der Waals surface area (Å²) in [4.78, 5) is 14.1. The van der Waals surface area contributed by atoms with Gasteiger partial charge in [-0.05, 0) is 55.4 Å². The van der Waals surface area contributed by atoms with Crippen LogP contribution in [0.1, 0.15) is 40.4 Å². The van der Waals surface area contributed by atoms with Gasteiger partial charge in [-0.25, -0.2) is 4.79 Å². The minimum absolute atomic E-state index is 0.342. The molecule has 134 valence electrons. The molecular weight excluding hydrogens is 328 g/mol. The van der Waals surface area contributed by atoms with Crippen LogP contribution < -0.4 is 4.90 Å². The number of carbonyl (C=O) groups excluding carboxylic acids is 1. The fraction of sp³-hybridized carbons (Fsp3) is 0.450. The first-order chi connectivity index (χ1) is 12.6. The third-order valence-corrected chi connectivity index (χ3v) is 5.37. The molecular formula is C20H22N4O2. The molecule has 1 aromatic heterocycles. The topological polar surface area (TPSA) is 71.1 Å². The summed E-state index contributed by atoms with van der Waals surface area (Å²) < 4.78 is 6.70. The molecule has 26 heavy (non-hydrogen) atoms. The fourth-order valence-electron chi connectivity index (χ4n) is 3.80. The van der Waals surface area contributed by atoms with Crippen LogP contribution in [-0.4, -0.2) is 35.4 Å². The van der Waals surface area contributed by atoms with Crippen LogP contribution in [0, 0.1) is 30.1 Å². The summed E-state index contributed by atoms with van der Waals surface area (Å²) in [5.74, 6) is 1.29. The quantitative estimate of drug-likeness (QED) is 0.776. The van der Waals surface area contributed by atoms with Crippen molar-refractivity contribution in [2.45, 2.75) is 26.8 Å². The van der Waals surface area contributed by atoms with Crippen LogP contribution in [0.25, 0.3) is 0 Å². The second kappa shape index (κ2) is 6.49. The Kier molecular flexibility index (Phi) is 4.15. The molecule has 1 aromatic carbocycles. The number of piperidine rings is 1. The third kappa shape index (κ3) is 3.05. The second-order valence-corrected chi connectivity index (χ2v) is 7.22. The van der Waals surface area contributed by atoms with Crippen molar-refractivity contribution in [1.29, 1.82) is 5.26 Å². The molecule has 0 bridgehead atoms. The molecule has 0 radical (unpaired) electrons. The van der Waals surface area contributed by atoms with Gasteiger partial charge >= 0.3 is 5.97 Å². The molecule has 1 saturated carbocycles. The zero-order valence-electron chi connectivity index (χ0n) is 15.1. The molecule has 0 amide bonds. The molecule has 2 aromatic rings. The van der Waals surface area contributed by atoms with E-state index >= 15 is 0 Å². The summed E-state index contributed by atoms with van der Waals surface area (Å²) in [6.07, 6.45) is 4.55. The van der Waals surface area contributed by atoms with Crippen molar-refractivity contribution in [2.75, 3.05) is 24.6 Å². The van der Waals surface area contributed by atoms with E-state index in [4.69, 9.17) is 4.74 Å². The van der Waals surface area contributed by atoms with Crippen LogP contribution in [0.2, 0.25) is 0 Å². The van der Waals surface area contributed by atoms with E-state index in [0.29, 0.717) is 24.3 Å². The summed E-state index contributed by atoms with van der Waals surface area (Å²) in [7, 11) is 0. The molecule has 2 fully saturated rings. The number of fused-ring (bicyclic) bond motifs is 1. The maximum absolute atomic E-state index is 11.8. The first-order valence-corrected chi connectivity index (χ1v) is 9.07. The van der Waals surface area contributed by atoms with E-state index in [9.17, 15) is 10.1 Å². The van der Waals surface area contributed by atoms with Gasteiger partial charge in [0.05, 0.1) is 36.2 Å². The van der Waals surface area contributed by atoms with Gasteiger partial charge in [-0.1, -0.05) is 0 Å². The predicted molar refractivity (Wildman–Crippen MR) is 97.0 cm³/mol. The molecule has 2 unspecified atom stereocenters. The lowest BCUT2D eigenvalue weighted by Crippen LogP contribution is -2.23. The Hall–Kier alpha value is -2.81. The number of hydrogen-bond acceptors (Lipinski definition) is 5. The summed E-state index contributed by atoms with van der Waals surface area (Å²) >= 11 is 0. The monoisotopic (exact) mass is 350 g/mol. The molecule has 1 aliphatic heterocycles. The predicted octanol–water partition coefficient (Wildman–Crippen LogP) is 2.74. The Bertz CT molecular complexity index is 886. The highest BCUT2D eigenvalue weighted by molar-refractivity contribution is 5.88.